The average Bonchev–Trinajstić information content (AvgIpc) is 2.31. The van der Waals surface area contributed by atoms with Crippen molar-refractivity contribution in [3.05, 3.63) is 22.3 Å². The number of carbonyl (C=O) groups is 1. The quantitative estimate of drug-likeness (QED) is 0.638. The number of aromatic carboxylic acids is 1. The summed E-state index contributed by atoms with van der Waals surface area (Å²) in [5.41, 5.74) is -1.06. The summed E-state index contributed by atoms with van der Waals surface area (Å²) in [4.78, 5) is 14.9. The first-order valence-electron chi connectivity index (χ1n) is 4.80. The van der Waals surface area contributed by atoms with E-state index in [9.17, 15) is 4.79 Å². The minimum absolute atomic E-state index is 0.0347. The maximum Gasteiger partial charge on any atom is 0.339 e. The van der Waals surface area contributed by atoms with Crippen LogP contribution in [-0.2, 0) is 0 Å². The Morgan fingerprint density at radius 2 is 2.12 bits per heavy atom. The third kappa shape index (κ3) is 3.39. The largest absolute Gasteiger partial charge is 0.478 e. The first kappa shape index (κ1) is 13.9. The van der Waals surface area contributed by atoms with Crippen LogP contribution in [0, 0.1) is 0 Å². The highest BCUT2D eigenvalue weighted by Gasteiger charge is 2.25. The predicted octanol–water partition coefficient (Wildman–Crippen LogP) is 0.697. The monoisotopic (exact) mass is 304 g/mol. The molecule has 1 aromatic heterocycles. The highest BCUT2D eigenvalue weighted by atomic mass is 79.9. The smallest absolute Gasteiger partial charge is 0.339 e. The average molecular weight is 305 g/mol. The number of rotatable bonds is 5. The molecule has 0 amide bonds. The lowest BCUT2D eigenvalue weighted by Gasteiger charge is -2.27. The molecule has 0 fully saturated rings. The number of carboxylic acid groups (broad SMARTS) is 1. The number of halogens is 1. The van der Waals surface area contributed by atoms with Gasteiger partial charge in [-0.1, -0.05) is 0 Å². The molecule has 0 unspecified atom stereocenters. The van der Waals surface area contributed by atoms with Gasteiger partial charge in [0.15, 0.2) is 0 Å². The SMILES string of the molecule is CC(CO)(CO)Nc1ncc(Br)cc1C(=O)O. The molecule has 0 aliphatic rings. The Hall–Kier alpha value is -1.18. The minimum Gasteiger partial charge on any atom is -0.478 e. The molecule has 0 aromatic carbocycles. The number of aliphatic hydroxyl groups is 2. The van der Waals surface area contributed by atoms with E-state index in [-0.39, 0.29) is 24.6 Å². The second-order valence-electron chi connectivity index (χ2n) is 3.86. The second-order valence-corrected chi connectivity index (χ2v) is 4.77. The lowest BCUT2D eigenvalue weighted by Crippen LogP contribution is -2.43. The van der Waals surface area contributed by atoms with Crippen LogP contribution in [0.25, 0.3) is 0 Å². The van der Waals surface area contributed by atoms with E-state index in [1.807, 2.05) is 0 Å². The molecule has 0 spiro atoms. The number of nitrogens with one attached hydrogen (secondary N) is 1. The predicted molar refractivity (Wildman–Crippen MR) is 65.1 cm³/mol. The molecule has 0 saturated carbocycles. The summed E-state index contributed by atoms with van der Waals surface area (Å²) < 4.78 is 0.537. The molecule has 1 heterocycles. The van der Waals surface area contributed by atoms with E-state index in [0.717, 1.165) is 0 Å². The molecule has 0 aliphatic heterocycles. The molecule has 0 bridgehead atoms. The van der Waals surface area contributed by atoms with Gasteiger partial charge >= 0.3 is 5.97 Å². The summed E-state index contributed by atoms with van der Waals surface area (Å²) in [6, 6.07) is 1.40. The molecule has 4 N–H and O–H groups in total. The van der Waals surface area contributed by atoms with E-state index >= 15 is 0 Å². The molecule has 0 atom stereocenters. The van der Waals surface area contributed by atoms with Crippen molar-refractivity contribution in [3.63, 3.8) is 0 Å². The van der Waals surface area contributed by atoms with Crippen molar-refractivity contribution in [2.45, 2.75) is 12.5 Å². The van der Waals surface area contributed by atoms with Gasteiger partial charge in [-0.05, 0) is 28.9 Å². The molecule has 0 saturated heterocycles. The number of carboxylic acids is 1. The van der Waals surface area contributed by atoms with Crippen molar-refractivity contribution in [3.8, 4) is 0 Å². The first-order valence-corrected chi connectivity index (χ1v) is 5.60. The number of pyridine rings is 1. The van der Waals surface area contributed by atoms with Crippen LogP contribution in [0.1, 0.15) is 17.3 Å². The Bertz CT molecular complexity index is 421. The topological polar surface area (TPSA) is 103 Å². The highest BCUT2D eigenvalue weighted by molar-refractivity contribution is 9.10. The lowest BCUT2D eigenvalue weighted by molar-refractivity contribution is 0.0696. The van der Waals surface area contributed by atoms with Gasteiger partial charge in [-0.2, -0.15) is 0 Å². The van der Waals surface area contributed by atoms with Gasteiger partial charge in [0.1, 0.15) is 11.4 Å². The number of hydrogen-bond donors (Lipinski definition) is 4. The molecule has 1 aromatic rings. The van der Waals surface area contributed by atoms with Crippen LogP contribution >= 0.6 is 15.9 Å². The van der Waals surface area contributed by atoms with Gasteiger partial charge in [0.05, 0.1) is 18.8 Å². The fourth-order valence-electron chi connectivity index (χ4n) is 1.12. The molecule has 0 radical (unpaired) electrons. The maximum absolute atomic E-state index is 11.0. The zero-order chi connectivity index (χ0) is 13.1. The zero-order valence-corrected chi connectivity index (χ0v) is 10.7. The van der Waals surface area contributed by atoms with Crippen LogP contribution in [0.15, 0.2) is 16.7 Å². The summed E-state index contributed by atoms with van der Waals surface area (Å²) >= 11 is 3.13. The normalized spacial score (nSPS) is 11.3. The zero-order valence-electron chi connectivity index (χ0n) is 9.14. The number of nitrogens with zero attached hydrogens (tertiary/aromatic N) is 1. The molecular weight excluding hydrogens is 292 g/mol. The van der Waals surface area contributed by atoms with Gasteiger partial charge in [-0.15, -0.1) is 0 Å². The van der Waals surface area contributed by atoms with E-state index in [4.69, 9.17) is 15.3 Å². The standard InChI is InChI=1S/C10H13BrN2O4/c1-10(4-14,5-15)13-8-7(9(16)17)2-6(11)3-12-8/h2-3,14-15H,4-5H2,1H3,(H,12,13)(H,16,17). The second kappa shape index (κ2) is 5.44. The Labute approximate surface area is 106 Å². The van der Waals surface area contributed by atoms with Gasteiger partial charge < -0.3 is 20.6 Å². The third-order valence-electron chi connectivity index (χ3n) is 2.20. The van der Waals surface area contributed by atoms with Gasteiger partial charge in [0.25, 0.3) is 0 Å². The maximum atomic E-state index is 11.0. The van der Waals surface area contributed by atoms with Crippen molar-refractivity contribution in [2.75, 3.05) is 18.5 Å². The van der Waals surface area contributed by atoms with E-state index < -0.39 is 11.5 Å². The van der Waals surface area contributed by atoms with E-state index in [1.54, 1.807) is 6.92 Å². The van der Waals surface area contributed by atoms with E-state index in [2.05, 4.69) is 26.2 Å². The van der Waals surface area contributed by atoms with Crippen LogP contribution < -0.4 is 5.32 Å². The summed E-state index contributed by atoms with van der Waals surface area (Å²) in [5.74, 6) is -1.04. The highest BCUT2D eigenvalue weighted by Crippen LogP contribution is 2.21. The Kier molecular flexibility index (Phi) is 4.44. The summed E-state index contributed by atoms with van der Waals surface area (Å²) in [7, 11) is 0. The molecule has 6 nitrogen and oxygen atoms in total. The molecule has 0 aliphatic carbocycles. The molecule has 17 heavy (non-hydrogen) atoms. The van der Waals surface area contributed by atoms with Crippen molar-refractivity contribution in [1.82, 2.24) is 4.98 Å². The van der Waals surface area contributed by atoms with Crippen molar-refractivity contribution in [2.24, 2.45) is 0 Å². The van der Waals surface area contributed by atoms with Gasteiger partial charge in [-0.3, -0.25) is 0 Å². The summed E-state index contributed by atoms with van der Waals surface area (Å²) in [6.45, 7) is 0.864. The van der Waals surface area contributed by atoms with Crippen molar-refractivity contribution < 1.29 is 20.1 Å². The van der Waals surface area contributed by atoms with E-state index in [1.165, 1.54) is 12.3 Å². The Balaban J connectivity index is 3.10. The molecule has 7 heteroatoms. The van der Waals surface area contributed by atoms with Gasteiger partial charge in [0, 0.05) is 10.7 Å². The Morgan fingerprint density at radius 3 is 2.59 bits per heavy atom. The summed E-state index contributed by atoms with van der Waals surface area (Å²) in [6.07, 6.45) is 1.43. The Morgan fingerprint density at radius 1 is 1.53 bits per heavy atom. The van der Waals surface area contributed by atoms with Crippen LogP contribution in [-0.4, -0.2) is 45.0 Å². The van der Waals surface area contributed by atoms with Crippen LogP contribution in [0.3, 0.4) is 0 Å². The number of aliphatic hydroxyl groups excluding tert-OH is 2. The number of hydrogen-bond acceptors (Lipinski definition) is 5. The fraction of sp³-hybridized carbons (Fsp3) is 0.400. The molecule has 94 valence electrons. The van der Waals surface area contributed by atoms with Crippen molar-refractivity contribution >= 4 is 27.7 Å². The van der Waals surface area contributed by atoms with Gasteiger partial charge in [0.2, 0.25) is 0 Å². The van der Waals surface area contributed by atoms with E-state index in [0.29, 0.717) is 4.47 Å². The third-order valence-corrected chi connectivity index (χ3v) is 2.64. The van der Waals surface area contributed by atoms with Gasteiger partial charge in [-0.25, -0.2) is 9.78 Å². The van der Waals surface area contributed by atoms with Crippen LogP contribution in [0.2, 0.25) is 0 Å². The molecular formula is C10H13BrN2O4. The fourth-order valence-corrected chi connectivity index (χ4v) is 1.45. The lowest BCUT2D eigenvalue weighted by atomic mass is 10.1. The van der Waals surface area contributed by atoms with Crippen LogP contribution in [0.5, 0.6) is 0 Å². The summed E-state index contributed by atoms with van der Waals surface area (Å²) in [5, 5.41) is 30.0. The first-order chi connectivity index (χ1) is 7.91. The van der Waals surface area contributed by atoms with Crippen LogP contribution in [0.4, 0.5) is 5.82 Å². The number of anilines is 1. The molecule has 1 rings (SSSR count). The minimum atomic E-state index is -1.14. The van der Waals surface area contributed by atoms with Crippen molar-refractivity contribution in [1.29, 1.82) is 0 Å². The number of aromatic nitrogens is 1.